The van der Waals surface area contributed by atoms with Crippen LogP contribution >= 0.6 is 11.6 Å². The van der Waals surface area contributed by atoms with E-state index < -0.39 is 0 Å². The van der Waals surface area contributed by atoms with Crippen molar-refractivity contribution in [3.8, 4) is 11.5 Å². The van der Waals surface area contributed by atoms with Gasteiger partial charge in [-0.15, -0.1) is 11.6 Å². The van der Waals surface area contributed by atoms with E-state index in [0.717, 1.165) is 25.7 Å². The normalized spacial score (nSPS) is 22.1. The molecule has 0 heterocycles. The Hall–Kier alpha value is -1.42. The second-order valence-corrected chi connectivity index (χ2v) is 5.48. The van der Waals surface area contributed by atoms with Crippen LogP contribution in [0.1, 0.15) is 36.0 Å². The summed E-state index contributed by atoms with van der Waals surface area (Å²) >= 11 is 6.28. The number of carbonyl (C=O) groups is 1. The Morgan fingerprint density at radius 1 is 1.20 bits per heavy atom. The molecule has 2 unspecified atom stereocenters. The van der Waals surface area contributed by atoms with E-state index in [9.17, 15) is 4.79 Å². The van der Waals surface area contributed by atoms with Crippen molar-refractivity contribution in [1.29, 1.82) is 0 Å². The summed E-state index contributed by atoms with van der Waals surface area (Å²) in [5.74, 6) is 0.810. The average molecular weight is 298 g/mol. The van der Waals surface area contributed by atoms with Gasteiger partial charge in [0.05, 0.1) is 19.6 Å². The van der Waals surface area contributed by atoms with Crippen molar-refractivity contribution in [2.45, 2.75) is 37.1 Å². The molecule has 0 bridgehead atoms. The van der Waals surface area contributed by atoms with Gasteiger partial charge in [-0.3, -0.25) is 4.79 Å². The van der Waals surface area contributed by atoms with Crippen molar-refractivity contribution < 1.29 is 14.3 Å². The summed E-state index contributed by atoms with van der Waals surface area (Å²) in [7, 11) is 3.08. The molecule has 1 fully saturated rings. The highest BCUT2D eigenvalue weighted by molar-refractivity contribution is 6.21. The zero-order valence-electron chi connectivity index (χ0n) is 11.8. The van der Waals surface area contributed by atoms with Crippen molar-refractivity contribution in [3.63, 3.8) is 0 Å². The van der Waals surface area contributed by atoms with Gasteiger partial charge in [-0.25, -0.2) is 0 Å². The maximum atomic E-state index is 12.5. The van der Waals surface area contributed by atoms with Crippen LogP contribution in [0, 0.1) is 0 Å². The molecule has 1 aromatic rings. The molecule has 5 heteroatoms. The Bertz CT molecular complexity index is 456. The number of nitrogens with one attached hydrogen (secondary N) is 1. The SMILES string of the molecule is COc1cccc(OC)c1C(=O)NC1CCCCC1Cl. The van der Waals surface area contributed by atoms with Crippen LogP contribution in [-0.2, 0) is 0 Å². The Morgan fingerprint density at radius 3 is 2.35 bits per heavy atom. The van der Waals surface area contributed by atoms with Crippen LogP contribution in [0.4, 0.5) is 0 Å². The molecular weight excluding hydrogens is 278 g/mol. The van der Waals surface area contributed by atoms with E-state index in [2.05, 4.69) is 5.32 Å². The molecule has 1 saturated carbocycles. The second kappa shape index (κ2) is 6.84. The third kappa shape index (κ3) is 3.18. The second-order valence-electron chi connectivity index (χ2n) is 4.92. The van der Waals surface area contributed by atoms with Crippen LogP contribution in [-0.4, -0.2) is 31.5 Å². The summed E-state index contributed by atoms with van der Waals surface area (Å²) in [6.45, 7) is 0. The first-order valence-electron chi connectivity index (χ1n) is 6.83. The van der Waals surface area contributed by atoms with Crippen LogP contribution in [0.3, 0.4) is 0 Å². The summed E-state index contributed by atoms with van der Waals surface area (Å²) in [4.78, 5) is 12.5. The lowest BCUT2D eigenvalue weighted by molar-refractivity contribution is 0.0922. The van der Waals surface area contributed by atoms with E-state index in [-0.39, 0.29) is 17.3 Å². The van der Waals surface area contributed by atoms with Crippen molar-refractivity contribution in [3.05, 3.63) is 23.8 Å². The number of rotatable bonds is 4. The number of amides is 1. The Morgan fingerprint density at radius 2 is 1.80 bits per heavy atom. The first kappa shape index (κ1) is 15.0. The maximum absolute atomic E-state index is 12.5. The highest BCUT2D eigenvalue weighted by atomic mass is 35.5. The molecule has 0 saturated heterocycles. The summed E-state index contributed by atoms with van der Waals surface area (Å²) in [6.07, 6.45) is 4.07. The van der Waals surface area contributed by atoms with Crippen molar-refractivity contribution in [2.24, 2.45) is 0 Å². The minimum atomic E-state index is -0.197. The first-order valence-corrected chi connectivity index (χ1v) is 7.27. The van der Waals surface area contributed by atoms with E-state index in [0.29, 0.717) is 17.1 Å². The standard InChI is InChI=1S/C15H20ClNO3/c1-19-12-8-5-9-13(20-2)14(12)15(18)17-11-7-4-3-6-10(11)16/h5,8-11H,3-4,6-7H2,1-2H3,(H,17,18). The molecule has 1 aliphatic rings. The average Bonchev–Trinajstić information content (AvgIpc) is 2.48. The van der Waals surface area contributed by atoms with Gasteiger partial charge in [-0.1, -0.05) is 18.9 Å². The molecule has 1 amide bonds. The fourth-order valence-electron chi connectivity index (χ4n) is 2.56. The Balaban J connectivity index is 2.20. The Kier molecular flexibility index (Phi) is 5.12. The molecule has 0 aliphatic heterocycles. The fourth-order valence-corrected chi connectivity index (χ4v) is 2.91. The number of methoxy groups -OCH3 is 2. The molecule has 0 radical (unpaired) electrons. The van der Waals surface area contributed by atoms with Crippen molar-refractivity contribution in [2.75, 3.05) is 14.2 Å². The van der Waals surface area contributed by atoms with E-state index in [1.54, 1.807) is 18.2 Å². The smallest absolute Gasteiger partial charge is 0.259 e. The number of halogens is 1. The summed E-state index contributed by atoms with van der Waals surface area (Å²) in [5.41, 5.74) is 0.423. The van der Waals surface area contributed by atoms with Gasteiger partial charge in [0, 0.05) is 6.04 Å². The van der Waals surface area contributed by atoms with Crippen LogP contribution < -0.4 is 14.8 Å². The molecule has 1 aromatic carbocycles. The van der Waals surface area contributed by atoms with Gasteiger partial charge < -0.3 is 14.8 Å². The highest BCUT2D eigenvalue weighted by Gasteiger charge is 2.27. The van der Waals surface area contributed by atoms with Gasteiger partial charge in [0.1, 0.15) is 17.1 Å². The van der Waals surface area contributed by atoms with Gasteiger partial charge in [0.15, 0.2) is 0 Å². The van der Waals surface area contributed by atoms with E-state index in [1.807, 2.05) is 0 Å². The van der Waals surface area contributed by atoms with Gasteiger partial charge >= 0.3 is 0 Å². The lowest BCUT2D eigenvalue weighted by Gasteiger charge is -2.28. The lowest BCUT2D eigenvalue weighted by atomic mass is 9.94. The Labute approximate surface area is 124 Å². The molecule has 4 nitrogen and oxygen atoms in total. The number of hydrogen-bond acceptors (Lipinski definition) is 3. The number of ether oxygens (including phenoxy) is 2. The highest BCUT2D eigenvalue weighted by Crippen LogP contribution is 2.29. The topological polar surface area (TPSA) is 47.6 Å². The quantitative estimate of drug-likeness (QED) is 0.869. The van der Waals surface area contributed by atoms with Gasteiger partial charge in [0.2, 0.25) is 0 Å². The predicted octanol–water partition coefficient (Wildman–Crippen LogP) is 2.98. The minimum absolute atomic E-state index is 0.00611. The van der Waals surface area contributed by atoms with Crippen LogP contribution in [0.25, 0.3) is 0 Å². The van der Waals surface area contributed by atoms with Crippen molar-refractivity contribution >= 4 is 17.5 Å². The van der Waals surface area contributed by atoms with Crippen LogP contribution in [0.15, 0.2) is 18.2 Å². The molecule has 0 aromatic heterocycles. The molecular formula is C15H20ClNO3. The number of alkyl halides is 1. The molecule has 1 N–H and O–H groups in total. The lowest BCUT2D eigenvalue weighted by Crippen LogP contribution is -2.43. The number of hydrogen-bond donors (Lipinski definition) is 1. The van der Waals surface area contributed by atoms with Gasteiger partial charge in [-0.05, 0) is 25.0 Å². The molecule has 20 heavy (non-hydrogen) atoms. The number of benzene rings is 1. The van der Waals surface area contributed by atoms with E-state index in [1.165, 1.54) is 14.2 Å². The van der Waals surface area contributed by atoms with Crippen LogP contribution in [0.2, 0.25) is 0 Å². The fraction of sp³-hybridized carbons (Fsp3) is 0.533. The van der Waals surface area contributed by atoms with Gasteiger partial charge in [0.25, 0.3) is 5.91 Å². The zero-order valence-corrected chi connectivity index (χ0v) is 12.6. The minimum Gasteiger partial charge on any atom is -0.496 e. The van der Waals surface area contributed by atoms with Crippen LogP contribution in [0.5, 0.6) is 11.5 Å². The maximum Gasteiger partial charge on any atom is 0.259 e. The molecule has 110 valence electrons. The largest absolute Gasteiger partial charge is 0.496 e. The first-order chi connectivity index (χ1) is 9.67. The number of carbonyl (C=O) groups excluding carboxylic acids is 1. The summed E-state index contributed by atoms with van der Waals surface area (Å²) in [5, 5.41) is 3.00. The van der Waals surface area contributed by atoms with Gasteiger partial charge in [-0.2, -0.15) is 0 Å². The third-order valence-corrected chi connectivity index (χ3v) is 4.18. The zero-order chi connectivity index (χ0) is 14.5. The summed E-state index contributed by atoms with van der Waals surface area (Å²) in [6, 6.07) is 5.29. The third-order valence-electron chi connectivity index (χ3n) is 3.65. The van der Waals surface area contributed by atoms with E-state index in [4.69, 9.17) is 21.1 Å². The predicted molar refractivity (Wildman–Crippen MR) is 78.9 cm³/mol. The van der Waals surface area contributed by atoms with Crippen molar-refractivity contribution in [1.82, 2.24) is 5.32 Å². The molecule has 0 spiro atoms. The monoisotopic (exact) mass is 297 g/mol. The molecule has 2 rings (SSSR count). The summed E-state index contributed by atoms with van der Waals surface area (Å²) < 4.78 is 10.5. The van der Waals surface area contributed by atoms with E-state index >= 15 is 0 Å². The molecule has 2 atom stereocenters. The molecule has 1 aliphatic carbocycles.